The van der Waals surface area contributed by atoms with Crippen molar-refractivity contribution in [3.05, 3.63) is 58.1 Å². The van der Waals surface area contributed by atoms with Crippen LogP contribution < -0.4 is 4.74 Å². The minimum atomic E-state index is -0.723. The highest BCUT2D eigenvalue weighted by atomic mass is 35.5. The van der Waals surface area contributed by atoms with E-state index in [1.165, 1.54) is 18.3 Å². The lowest BCUT2D eigenvalue weighted by molar-refractivity contribution is 0.0728. The Morgan fingerprint density at radius 3 is 2.67 bits per heavy atom. The van der Waals surface area contributed by atoms with E-state index in [0.717, 1.165) is 6.07 Å². The summed E-state index contributed by atoms with van der Waals surface area (Å²) in [6.07, 6.45) is 1.45. The topological polar surface area (TPSA) is 39.2 Å². The lowest BCUT2D eigenvalue weighted by Gasteiger charge is -2.06. The molecule has 0 saturated heterocycles. The lowest BCUT2D eigenvalue weighted by Crippen LogP contribution is -2.10. The molecule has 0 spiro atoms. The van der Waals surface area contributed by atoms with Crippen LogP contribution in [0.15, 0.2) is 36.5 Å². The van der Waals surface area contributed by atoms with Crippen LogP contribution in [0.4, 0.5) is 4.39 Å². The van der Waals surface area contributed by atoms with Crippen LogP contribution in [0.3, 0.4) is 0 Å². The summed E-state index contributed by atoms with van der Waals surface area (Å²) in [5.74, 6) is -1.54. The van der Waals surface area contributed by atoms with Crippen LogP contribution in [0.1, 0.15) is 10.5 Å². The maximum absolute atomic E-state index is 13.2. The number of carbonyl (C=O) groups is 1. The standard InChI is InChI=1S/C12H6Cl2FNO2/c13-7-5-8(14)11(6-9(7)15)18-12(17)10-3-1-2-4-16-10/h1-6H. The normalized spacial score (nSPS) is 10.2. The summed E-state index contributed by atoms with van der Waals surface area (Å²) in [4.78, 5) is 15.5. The number of nitrogens with zero attached hydrogens (tertiary/aromatic N) is 1. The molecule has 18 heavy (non-hydrogen) atoms. The van der Waals surface area contributed by atoms with Crippen molar-refractivity contribution in [2.24, 2.45) is 0 Å². The summed E-state index contributed by atoms with van der Waals surface area (Å²) < 4.78 is 18.1. The highest BCUT2D eigenvalue weighted by Crippen LogP contribution is 2.30. The van der Waals surface area contributed by atoms with E-state index in [1.54, 1.807) is 12.1 Å². The first-order chi connectivity index (χ1) is 8.58. The van der Waals surface area contributed by atoms with Crippen molar-refractivity contribution in [2.75, 3.05) is 0 Å². The summed E-state index contributed by atoms with van der Waals surface area (Å²) in [6.45, 7) is 0. The molecule has 1 heterocycles. The van der Waals surface area contributed by atoms with Crippen LogP contribution in [-0.4, -0.2) is 11.0 Å². The first kappa shape index (κ1) is 12.8. The number of benzene rings is 1. The molecule has 0 aliphatic rings. The summed E-state index contributed by atoms with van der Waals surface area (Å²) in [5, 5.41) is -0.0942. The van der Waals surface area contributed by atoms with Crippen LogP contribution in [0, 0.1) is 5.82 Å². The third kappa shape index (κ3) is 2.78. The zero-order valence-electron chi connectivity index (χ0n) is 8.86. The highest BCUT2D eigenvalue weighted by molar-refractivity contribution is 6.35. The lowest BCUT2D eigenvalue weighted by atomic mass is 10.3. The number of esters is 1. The van der Waals surface area contributed by atoms with Gasteiger partial charge in [-0.25, -0.2) is 14.2 Å². The fraction of sp³-hybridized carbons (Fsp3) is 0. The molecular formula is C12H6Cl2FNO2. The summed E-state index contributed by atoms with van der Waals surface area (Å²) in [5.41, 5.74) is 0.101. The second-order valence-corrected chi connectivity index (χ2v) is 4.12. The molecule has 0 aliphatic heterocycles. The third-order valence-corrected chi connectivity index (χ3v) is 2.64. The van der Waals surface area contributed by atoms with E-state index in [2.05, 4.69) is 4.98 Å². The quantitative estimate of drug-likeness (QED) is 0.479. The number of hydrogen-bond acceptors (Lipinski definition) is 3. The molecule has 0 amide bonds. The van der Waals surface area contributed by atoms with Crippen molar-refractivity contribution < 1.29 is 13.9 Å². The van der Waals surface area contributed by atoms with Crippen LogP contribution in [-0.2, 0) is 0 Å². The van der Waals surface area contributed by atoms with Crippen molar-refractivity contribution in [3.8, 4) is 5.75 Å². The molecule has 2 rings (SSSR count). The zero-order chi connectivity index (χ0) is 13.1. The molecule has 3 nitrogen and oxygen atoms in total. The van der Waals surface area contributed by atoms with Crippen LogP contribution >= 0.6 is 23.2 Å². The fourth-order valence-corrected chi connectivity index (χ4v) is 1.64. The second kappa shape index (κ2) is 5.33. The molecule has 0 unspecified atom stereocenters. The Labute approximate surface area is 112 Å². The Kier molecular flexibility index (Phi) is 3.79. The minimum absolute atomic E-state index is 0.0469. The second-order valence-electron chi connectivity index (χ2n) is 3.30. The monoisotopic (exact) mass is 285 g/mol. The molecule has 6 heteroatoms. The van der Waals surface area contributed by atoms with Crippen LogP contribution in [0.2, 0.25) is 10.0 Å². The molecule has 92 valence electrons. The van der Waals surface area contributed by atoms with Gasteiger partial charge < -0.3 is 4.74 Å². The average Bonchev–Trinajstić information content (AvgIpc) is 2.37. The van der Waals surface area contributed by atoms with E-state index in [-0.39, 0.29) is 21.5 Å². The molecule has 0 saturated carbocycles. The predicted molar refractivity (Wildman–Crippen MR) is 65.6 cm³/mol. The summed E-state index contributed by atoms with van der Waals surface area (Å²) in [6, 6.07) is 6.88. The molecule has 1 aromatic carbocycles. The fourth-order valence-electron chi connectivity index (χ4n) is 1.22. The van der Waals surface area contributed by atoms with Crippen LogP contribution in [0.5, 0.6) is 5.75 Å². The van der Waals surface area contributed by atoms with E-state index in [0.29, 0.717) is 0 Å². The van der Waals surface area contributed by atoms with Crippen molar-refractivity contribution >= 4 is 29.2 Å². The third-order valence-electron chi connectivity index (χ3n) is 2.05. The molecule has 0 radical (unpaired) electrons. The van der Waals surface area contributed by atoms with Gasteiger partial charge in [-0.1, -0.05) is 29.3 Å². The molecule has 0 atom stereocenters. The Bertz CT molecular complexity index is 590. The van der Waals surface area contributed by atoms with Crippen molar-refractivity contribution in [3.63, 3.8) is 0 Å². The van der Waals surface area contributed by atoms with Gasteiger partial charge in [-0.2, -0.15) is 0 Å². The van der Waals surface area contributed by atoms with E-state index in [9.17, 15) is 9.18 Å². The molecule has 0 N–H and O–H groups in total. The molecular weight excluding hydrogens is 280 g/mol. The smallest absolute Gasteiger partial charge is 0.362 e. The molecule has 0 bridgehead atoms. The molecule has 1 aromatic heterocycles. The van der Waals surface area contributed by atoms with Crippen molar-refractivity contribution in [2.45, 2.75) is 0 Å². The number of rotatable bonds is 2. The van der Waals surface area contributed by atoms with Gasteiger partial charge in [-0.15, -0.1) is 0 Å². The summed E-state index contributed by atoms with van der Waals surface area (Å²) in [7, 11) is 0. The molecule has 0 aliphatic carbocycles. The van der Waals surface area contributed by atoms with Gasteiger partial charge in [0.2, 0.25) is 0 Å². The Hall–Kier alpha value is -1.65. The van der Waals surface area contributed by atoms with Crippen molar-refractivity contribution in [1.29, 1.82) is 0 Å². The summed E-state index contributed by atoms with van der Waals surface area (Å²) >= 11 is 11.3. The number of carbonyl (C=O) groups excluding carboxylic acids is 1. The highest BCUT2D eigenvalue weighted by Gasteiger charge is 2.14. The molecule has 0 fully saturated rings. The zero-order valence-corrected chi connectivity index (χ0v) is 10.4. The minimum Gasteiger partial charge on any atom is -0.420 e. The average molecular weight is 286 g/mol. The van der Waals surface area contributed by atoms with Crippen molar-refractivity contribution in [1.82, 2.24) is 4.98 Å². The number of ether oxygens (including phenoxy) is 1. The van der Waals surface area contributed by atoms with Gasteiger partial charge >= 0.3 is 5.97 Å². The Balaban J connectivity index is 2.25. The van der Waals surface area contributed by atoms with E-state index in [1.807, 2.05) is 0 Å². The Morgan fingerprint density at radius 1 is 1.22 bits per heavy atom. The maximum Gasteiger partial charge on any atom is 0.362 e. The Morgan fingerprint density at radius 2 is 2.00 bits per heavy atom. The number of pyridine rings is 1. The number of halogens is 3. The van der Waals surface area contributed by atoms with Gasteiger partial charge in [0.1, 0.15) is 11.5 Å². The predicted octanol–water partition coefficient (Wildman–Crippen LogP) is 3.75. The number of aromatic nitrogens is 1. The first-order valence-electron chi connectivity index (χ1n) is 4.85. The van der Waals surface area contributed by atoms with Gasteiger partial charge in [0.05, 0.1) is 10.0 Å². The van der Waals surface area contributed by atoms with Gasteiger partial charge in [-0.3, -0.25) is 0 Å². The van der Waals surface area contributed by atoms with Crippen LogP contribution in [0.25, 0.3) is 0 Å². The number of hydrogen-bond donors (Lipinski definition) is 0. The molecule has 2 aromatic rings. The van der Waals surface area contributed by atoms with Gasteiger partial charge in [0.15, 0.2) is 5.75 Å². The maximum atomic E-state index is 13.2. The largest absolute Gasteiger partial charge is 0.420 e. The van der Waals surface area contributed by atoms with Gasteiger partial charge in [-0.05, 0) is 18.2 Å². The SMILES string of the molecule is O=C(Oc1cc(F)c(Cl)cc1Cl)c1ccccn1. The van der Waals surface area contributed by atoms with Gasteiger partial charge in [0, 0.05) is 12.3 Å². The van der Waals surface area contributed by atoms with Gasteiger partial charge in [0.25, 0.3) is 0 Å². The van der Waals surface area contributed by atoms with E-state index < -0.39 is 11.8 Å². The van der Waals surface area contributed by atoms with E-state index in [4.69, 9.17) is 27.9 Å². The first-order valence-corrected chi connectivity index (χ1v) is 5.61. The van der Waals surface area contributed by atoms with E-state index >= 15 is 0 Å².